The van der Waals surface area contributed by atoms with E-state index in [2.05, 4.69) is 0 Å². The fourth-order valence-corrected chi connectivity index (χ4v) is 2.90. The van der Waals surface area contributed by atoms with Gasteiger partial charge in [0.05, 0.1) is 24.8 Å². The lowest BCUT2D eigenvalue weighted by atomic mass is 9.91. The number of rotatable bonds is 3. The Balaban J connectivity index is 2.23. The first-order valence-electron chi connectivity index (χ1n) is 6.83. The number of benzene rings is 1. The minimum absolute atomic E-state index is 0.139. The number of hydrogen-bond donors (Lipinski definition) is 1. The van der Waals surface area contributed by atoms with Crippen LogP contribution in [0.3, 0.4) is 0 Å². The van der Waals surface area contributed by atoms with Crippen LogP contribution in [0.25, 0.3) is 0 Å². The van der Waals surface area contributed by atoms with Crippen molar-refractivity contribution in [2.75, 3.05) is 14.2 Å². The van der Waals surface area contributed by atoms with Gasteiger partial charge in [0.2, 0.25) is 0 Å². The van der Waals surface area contributed by atoms with Crippen molar-refractivity contribution in [3.63, 3.8) is 0 Å². The molecule has 2 unspecified atom stereocenters. The Kier molecular flexibility index (Phi) is 4.89. The van der Waals surface area contributed by atoms with Gasteiger partial charge in [-0.3, -0.25) is 4.79 Å². The fourth-order valence-electron chi connectivity index (χ4n) is 2.73. The van der Waals surface area contributed by atoms with E-state index in [9.17, 15) is 9.90 Å². The molecule has 1 amide bonds. The zero-order valence-electron chi connectivity index (χ0n) is 11.8. The summed E-state index contributed by atoms with van der Waals surface area (Å²) in [4.78, 5) is 14.2. The zero-order valence-corrected chi connectivity index (χ0v) is 12.6. The molecule has 1 aromatic rings. The van der Waals surface area contributed by atoms with E-state index in [-0.39, 0.29) is 11.9 Å². The van der Waals surface area contributed by atoms with Crippen molar-refractivity contribution in [1.29, 1.82) is 0 Å². The standard InChI is InChI=1S/C15H20ClNO3/c1-17(12-5-3-4-6-13(12)18)15(19)11-9-10(16)7-8-14(11)20-2/h7-9,12-13,18H,3-6H2,1-2H3. The SMILES string of the molecule is COc1ccc(Cl)cc1C(=O)N(C)C1CCCCC1O. The van der Waals surface area contributed by atoms with Crippen LogP contribution in [0.2, 0.25) is 5.02 Å². The van der Waals surface area contributed by atoms with Crippen LogP contribution in [-0.2, 0) is 0 Å². The minimum atomic E-state index is -0.456. The van der Waals surface area contributed by atoms with E-state index in [1.807, 2.05) is 0 Å². The average molecular weight is 298 g/mol. The highest BCUT2D eigenvalue weighted by Gasteiger charge is 2.30. The molecular weight excluding hydrogens is 278 g/mol. The Labute approximate surface area is 124 Å². The van der Waals surface area contributed by atoms with E-state index >= 15 is 0 Å². The van der Waals surface area contributed by atoms with Crippen molar-refractivity contribution in [3.8, 4) is 5.75 Å². The van der Waals surface area contributed by atoms with Crippen LogP contribution in [0.1, 0.15) is 36.0 Å². The molecule has 110 valence electrons. The topological polar surface area (TPSA) is 49.8 Å². The number of hydrogen-bond acceptors (Lipinski definition) is 3. The number of ether oxygens (including phenoxy) is 1. The lowest BCUT2D eigenvalue weighted by Gasteiger charge is -2.35. The molecule has 0 saturated heterocycles. The molecule has 1 fully saturated rings. The van der Waals surface area contributed by atoms with Gasteiger partial charge < -0.3 is 14.7 Å². The summed E-state index contributed by atoms with van der Waals surface area (Å²) in [6.45, 7) is 0. The van der Waals surface area contributed by atoms with E-state index < -0.39 is 6.10 Å². The summed E-state index contributed by atoms with van der Waals surface area (Å²) in [6, 6.07) is 4.84. The van der Waals surface area contributed by atoms with Crippen molar-refractivity contribution in [1.82, 2.24) is 4.90 Å². The summed E-state index contributed by atoms with van der Waals surface area (Å²) < 4.78 is 5.22. The quantitative estimate of drug-likeness (QED) is 0.933. The highest BCUT2D eigenvalue weighted by molar-refractivity contribution is 6.31. The van der Waals surface area contributed by atoms with Gasteiger partial charge in [0.15, 0.2) is 0 Å². The molecule has 0 spiro atoms. The lowest BCUT2D eigenvalue weighted by molar-refractivity contribution is 0.0266. The van der Waals surface area contributed by atoms with Crippen LogP contribution >= 0.6 is 11.6 Å². The molecule has 0 heterocycles. The lowest BCUT2D eigenvalue weighted by Crippen LogP contribution is -2.46. The summed E-state index contributed by atoms with van der Waals surface area (Å²) in [5.74, 6) is 0.326. The molecule has 0 radical (unpaired) electrons. The third-order valence-electron chi connectivity index (χ3n) is 3.90. The number of carbonyl (C=O) groups excluding carboxylic acids is 1. The maximum Gasteiger partial charge on any atom is 0.257 e. The predicted octanol–water partition coefficient (Wildman–Crippen LogP) is 2.72. The molecule has 0 aromatic heterocycles. The van der Waals surface area contributed by atoms with Gasteiger partial charge in [0, 0.05) is 12.1 Å². The fraction of sp³-hybridized carbons (Fsp3) is 0.533. The van der Waals surface area contributed by atoms with Crippen molar-refractivity contribution in [3.05, 3.63) is 28.8 Å². The van der Waals surface area contributed by atoms with Crippen LogP contribution in [0.5, 0.6) is 5.75 Å². The second kappa shape index (κ2) is 6.46. The normalized spacial score (nSPS) is 22.4. The first-order chi connectivity index (χ1) is 9.54. The number of carbonyl (C=O) groups is 1. The summed E-state index contributed by atoms with van der Waals surface area (Å²) >= 11 is 5.96. The van der Waals surface area contributed by atoms with Crippen molar-refractivity contribution in [2.24, 2.45) is 0 Å². The largest absolute Gasteiger partial charge is 0.496 e. The highest BCUT2D eigenvalue weighted by atomic mass is 35.5. The first-order valence-corrected chi connectivity index (χ1v) is 7.21. The van der Waals surface area contributed by atoms with Gasteiger partial charge in [-0.05, 0) is 31.0 Å². The Morgan fingerprint density at radius 2 is 2.10 bits per heavy atom. The van der Waals surface area contributed by atoms with Crippen LogP contribution in [0, 0.1) is 0 Å². The first kappa shape index (κ1) is 15.1. The van der Waals surface area contributed by atoms with E-state index in [1.54, 1.807) is 30.1 Å². The van der Waals surface area contributed by atoms with Gasteiger partial charge in [0.1, 0.15) is 5.75 Å². The molecule has 1 aliphatic rings. The van der Waals surface area contributed by atoms with E-state index in [0.29, 0.717) is 16.3 Å². The summed E-state index contributed by atoms with van der Waals surface area (Å²) in [7, 11) is 3.25. The van der Waals surface area contributed by atoms with Gasteiger partial charge in [-0.15, -0.1) is 0 Å². The van der Waals surface area contributed by atoms with Crippen molar-refractivity contribution >= 4 is 17.5 Å². The molecule has 0 bridgehead atoms. The molecule has 2 atom stereocenters. The second-order valence-corrected chi connectivity index (χ2v) is 5.62. The van der Waals surface area contributed by atoms with Crippen LogP contribution in [0.15, 0.2) is 18.2 Å². The zero-order chi connectivity index (χ0) is 14.7. The van der Waals surface area contributed by atoms with Crippen molar-refractivity contribution in [2.45, 2.75) is 37.8 Å². The van der Waals surface area contributed by atoms with Gasteiger partial charge in [-0.1, -0.05) is 24.4 Å². The van der Waals surface area contributed by atoms with Gasteiger partial charge >= 0.3 is 0 Å². The number of aliphatic hydroxyl groups is 1. The minimum Gasteiger partial charge on any atom is -0.496 e. The molecular formula is C15H20ClNO3. The maximum atomic E-state index is 12.6. The molecule has 1 N–H and O–H groups in total. The summed E-state index contributed by atoms with van der Waals surface area (Å²) in [5.41, 5.74) is 0.431. The van der Waals surface area contributed by atoms with Crippen LogP contribution in [-0.4, -0.2) is 42.2 Å². The van der Waals surface area contributed by atoms with E-state index in [4.69, 9.17) is 16.3 Å². The molecule has 2 rings (SSSR count). The average Bonchev–Trinajstić information content (AvgIpc) is 2.46. The third kappa shape index (κ3) is 3.07. The van der Waals surface area contributed by atoms with Gasteiger partial charge in [-0.25, -0.2) is 0 Å². The summed E-state index contributed by atoms with van der Waals surface area (Å²) in [6.07, 6.45) is 3.16. The predicted molar refractivity (Wildman–Crippen MR) is 78.4 cm³/mol. The third-order valence-corrected chi connectivity index (χ3v) is 4.14. The Hall–Kier alpha value is -1.26. The van der Waals surface area contributed by atoms with E-state index in [1.165, 1.54) is 7.11 Å². The number of methoxy groups -OCH3 is 1. The van der Waals surface area contributed by atoms with E-state index in [0.717, 1.165) is 25.7 Å². The van der Waals surface area contributed by atoms with Crippen LogP contribution in [0.4, 0.5) is 0 Å². The van der Waals surface area contributed by atoms with Gasteiger partial charge in [-0.2, -0.15) is 0 Å². The maximum absolute atomic E-state index is 12.6. The monoisotopic (exact) mass is 297 g/mol. The smallest absolute Gasteiger partial charge is 0.257 e. The highest BCUT2D eigenvalue weighted by Crippen LogP contribution is 2.27. The second-order valence-electron chi connectivity index (χ2n) is 5.18. The molecule has 4 nitrogen and oxygen atoms in total. The number of likely N-dealkylation sites (N-methyl/N-ethyl adjacent to an activating group) is 1. The molecule has 5 heteroatoms. The number of halogens is 1. The number of amides is 1. The van der Waals surface area contributed by atoms with Gasteiger partial charge in [0.25, 0.3) is 5.91 Å². The molecule has 0 aliphatic heterocycles. The van der Waals surface area contributed by atoms with Crippen molar-refractivity contribution < 1.29 is 14.6 Å². The van der Waals surface area contributed by atoms with Crippen LogP contribution < -0.4 is 4.74 Å². The Bertz CT molecular complexity index is 492. The summed E-state index contributed by atoms with van der Waals surface area (Å²) in [5, 5.41) is 10.6. The molecule has 1 saturated carbocycles. The Morgan fingerprint density at radius 1 is 1.40 bits per heavy atom. The Morgan fingerprint density at radius 3 is 2.75 bits per heavy atom. The molecule has 1 aliphatic carbocycles. The molecule has 20 heavy (non-hydrogen) atoms. The number of aliphatic hydroxyl groups excluding tert-OH is 1. The number of nitrogens with zero attached hydrogens (tertiary/aromatic N) is 1. The molecule has 1 aromatic carbocycles.